The van der Waals surface area contributed by atoms with Crippen LogP contribution in [0.1, 0.15) is 28.8 Å². The summed E-state index contributed by atoms with van der Waals surface area (Å²) in [7, 11) is 0. The first-order valence-corrected chi connectivity index (χ1v) is 6.94. The zero-order valence-electron chi connectivity index (χ0n) is 11.5. The van der Waals surface area contributed by atoms with Gasteiger partial charge in [-0.25, -0.2) is 0 Å². The third-order valence-corrected chi connectivity index (χ3v) is 3.27. The molecule has 1 heterocycles. The van der Waals surface area contributed by atoms with Crippen LogP contribution in [-0.2, 0) is 4.74 Å². The second-order valence-electron chi connectivity index (χ2n) is 4.88. The zero-order valence-corrected chi connectivity index (χ0v) is 11.5. The van der Waals surface area contributed by atoms with E-state index in [0.29, 0.717) is 24.6 Å². The van der Waals surface area contributed by atoms with Crippen LogP contribution in [0.4, 0.5) is 0 Å². The van der Waals surface area contributed by atoms with Crippen LogP contribution in [0.25, 0.3) is 0 Å². The van der Waals surface area contributed by atoms with Crippen molar-refractivity contribution in [3.8, 4) is 11.8 Å². The first-order chi connectivity index (χ1) is 9.79. The van der Waals surface area contributed by atoms with E-state index >= 15 is 0 Å². The molecule has 4 nitrogen and oxygen atoms in total. The molecule has 1 unspecified atom stereocenters. The molecule has 1 aliphatic rings. The van der Waals surface area contributed by atoms with Crippen molar-refractivity contribution in [1.29, 1.82) is 0 Å². The first kappa shape index (κ1) is 14.6. The van der Waals surface area contributed by atoms with E-state index in [1.165, 1.54) is 0 Å². The third kappa shape index (κ3) is 4.37. The minimum absolute atomic E-state index is 0.0630. The van der Waals surface area contributed by atoms with Crippen LogP contribution < -0.4 is 11.1 Å². The molecular weight excluding hydrogens is 252 g/mol. The summed E-state index contributed by atoms with van der Waals surface area (Å²) < 4.78 is 5.40. The van der Waals surface area contributed by atoms with E-state index in [1.807, 2.05) is 12.1 Å². The van der Waals surface area contributed by atoms with Gasteiger partial charge in [0.2, 0.25) is 0 Å². The van der Waals surface area contributed by atoms with Crippen molar-refractivity contribution in [2.45, 2.75) is 12.8 Å². The van der Waals surface area contributed by atoms with Gasteiger partial charge in [-0.2, -0.15) is 0 Å². The van der Waals surface area contributed by atoms with Gasteiger partial charge in [0.1, 0.15) is 0 Å². The Labute approximate surface area is 119 Å². The summed E-state index contributed by atoms with van der Waals surface area (Å²) in [6.07, 6.45) is 2.19. The number of carbonyl (C=O) groups is 1. The summed E-state index contributed by atoms with van der Waals surface area (Å²) in [4.78, 5) is 12.1. The monoisotopic (exact) mass is 272 g/mol. The van der Waals surface area contributed by atoms with Gasteiger partial charge in [0.25, 0.3) is 5.91 Å². The molecule has 1 aliphatic heterocycles. The number of carbonyl (C=O) groups excluding carboxylic acids is 1. The predicted octanol–water partition coefficient (Wildman–Crippen LogP) is 1.15. The highest BCUT2D eigenvalue weighted by Crippen LogP contribution is 2.12. The van der Waals surface area contributed by atoms with Gasteiger partial charge in [0.15, 0.2) is 0 Å². The molecule has 1 saturated heterocycles. The molecule has 20 heavy (non-hydrogen) atoms. The maximum Gasteiger partial charge on any atom is 0.251 e. The zero-order chi connectivity index (χ0) is 14.2. The Morgan fingerprint density at radius 1 is 1.50 bits per heavy atom. The number of benzene rings is 1. The molecule has 4 heteroatoms. The van der Waals surface area contributed by atoms with Crippen LogP contribution >= 0.6 is 0 Å². The third-order valence-electron chi connectivity index (χ3n) is 3.27. The van der Waals surface area contributed by atoms with Gasteiger partial charge in [0, 0.05) is 24.3 Å². The average molecular weight is 272 g/mol. The smallest absolute Gasteiger partial charge is 0.251 e. The second-order valence-corrected chi connectivity index (χ2v) is 4.88. The fourth-order valence-electron chi connectivity index (χ4n) is 2.20. The number of rotatable bonds is 3. The Balaban J connectivity index is 1.91. The van der Waals surface area contributed by atoms with Crippen LogP contribution in [0.5, 0.6) is 0 Å². The highest BCUT2D eigenvalue weighted by atomic mass is 16.5. The molecule has 0 aliphatic carbocycles. The molecule has 0 radical (unpaired) electrons. The lowest BCUT2D eigenvalue weighted by atomic mass is 10.0. The topological polar surface area (TPSA) is 64.4 Å². The van der Waals surface area contributed by atoms with Crippen LogP contribution in [-0.4, -0.2) is 32.2 Å². The molecule has 0 saturated carbocycles. The lowest BCUT2D eigenvalue weighted by Gasteiger charge is -2.22. The average Bonchev–Trinajstić information content (AvgIpc) is 2.52. The van der Waals surface area contributed by atoms with Gasteiger partial charge in [0.05, 0.1) is 13.2 Å². The van der Waals surface area contributed by atoms with Gasteiger partial charge in [-0.1, -0.05) is 17.9 Å². The minimum Gasteiger partial charge on any atom is -0.381 e. The molecule has 106 valence electrons. The number of nitrogens with one attached hydrogen (secondary N) is 1. The van der Waals surface area contributed by atoms with Crippen LogP contribution in [0.15, 0.2) is 24.3 Å². The molecule has 0 spiro atoms. The Morgan fingerprint density at radius 2 is 2.40 bits per heavy atom. The van der Waals surface area contributed by atoms with E-state index in [1.54, 1.807) is 12.1 Å². The molecule has 1 atom stereocenters. The molecular formula is C16H20N2O2. The van der Waals surface area contributed by atoms with Gasteiger partial charge < -0.3 is 15.8 Å². The normalized spacial score (nSPS) is 17.9. The summed E-state index contributed by atoms with van der Waals surface area (Å²) in [6, 6.07) is 7.28. The fraction of sp³-hybridized carbons (Fsp3) is 0.438. The fourth-order valence-corrected chi connectivity index (χ4v) is 2.20. The number of hydrogen-bond donors (Lipinski definition) is 2. The van der Waals surface area contributed by atoms with Crippen molar-refractivity contribution in [2.24, 2.45) is 11.7 Å². The molecule has 0 aromatic heterocycles. The van der Waals surface area contributed by atoms with Crippen molar-refractivity contribution < 1.29 is 9.53 Å². The van der Waals surface area contributed by atoms with Crippen molar-refractivity contribution >= 4 is 5.91 Å². The number of amides is 1. The Kier molecular flexibility index (Phi) is 5.60. The minimum atomic E-state index is -0.0630. The van der Waals surface area contributed by atoms with Crippen molar-refractivity contribution in [3.63, 3.8) is 0 Å². The van der Waals surface area contributed by atoms with Gasteiger partial charge in [-0.05, 0) is 37.0 Å². The van der Waals surface area contributed by atoms with Gasteiger partial charge in [-0.3, -0.25) is 4.79 Å². The lowest BCUT2D eigenvalue weighted by molar-refractivity contribution is 0.0536. The van der Waals surface area contributed by atoms with Gasteiger partial charge in [-0.15, -0.1) is 0 Å². The summed E-state index contributed by atoms with van der Waals surface area (Å²) in [5, 5.41) is 2.96. The largest absolute Gasteiger partial charge is 0.381 e. The molecule has 1 amide bonds. The standard InChI is InChI=1S/C16H20N2O2/c17-8-2-5-13-4-1-7-15(10-13)16(19)18-11-14-6-3-9-20-12-14/h1,4,7,10,14H,3,6,8-9,11-12,17H2,(H,18,19). The summed E-state index contributed by atoms with van der Waals surface area (Å²) in [5.74, 6) is 6.08. The van der Waals surface area contributed by atoms with E-state index in [9.17, 15) is 4.79 Å². The number of ether oxygens (including phenoxy) is 1. The highest BCUT2D eigenvalue weighted by Gasteiger charge is 2.15. The van der Waals surface area contributed by atoms with Crippen molar-refractivity contribution in [3.05, 3.63) is 35.4 Å². The maximum absolute atomic E-state index is 12.1. The number of nitrogens with two attached hydrogens (primary N) is 1. The molecule has 1 fully saturated rings. The van der Waals surface area contributed by atoms with E-state index in [-0.39, 0.29) is 5.91 Å². The van der Waals surface area contributed by atoms with E-state index < -0.39 is 0 Å². The quantitative estimate of drug-likeness (QED) is 0.811. The SMILES string of the molecule is NCC#Cc1cccc(C(=O)NCC2CCCOC2)c1. The molecule has 1 aromatic carbocycles. The molecule has 0 bridgehead atoms. The molecule has 2 rings (SSSR count). The van der Waals surface area contributed by atoms with Crippen LogP contribution in [0.3, 0.4) is 0 Å². The predicted molar refractivity (Wildman–Crippen MR) is 78.3 cm³/mol. The van der Waals surface area contributed by atoms with Crippen molar-refractivity contribution in [1.82, 2.24) is 5.32 Å². The van der Waals surface area contributed by atoms with E-state index in [2.05, 4.69) is 17.2 Å². The molecule has 3 N–H and O–H groups in total. The van der Waals surface area contributed by atoms with Gasteiger partial charge >= 0.3 is 0 Å². The summed E-state index contributed by atoms with van der Waals surface area (Å²) >= 11 is 0. The van der Waals surface area contributed by atoms with Crippen molar-refractivity contribution in [2.75, 3.05) is 26.3 Å². The summed E-state index contributed by atoms with van der Waals surface area (Å²) in [6.45, 7) is 2.56. The number of hydrogen-bond acceptors (Lipinski definition) is 3. The summed E-state index contributed by atoms with van der Waals surface area (Å²) in [5.41, 5.74) is 6.78. The van der Waals surface area contributed by atoms with Crippen LogP contribution in [0.2, 0.25) is 0 Å². The Morgan fingerprint density at radius 3 is 3.15 bits per heavy atom. The van der Waals surface area contributed by atoms with E-state index in [0.717, 1.165) is 31.6 Å². The lowest BCUT2D eigenvalue weighted by Crippen LogP contribution is -2.33. The van der Waals surface area contributed by atoms with E-state index in [4.69, 9.17) is 10.5 Å². The Bertz CT molecular complexity index is 511. The van der Waals surface area contributed by atoms with Crippen LogP contribution in [0, 0.1) is 17.8 Å². The highest BCUT2D eigenvalue weighted by molar-refractivity contribution is 5.94. The second kappa shape index (κ2) is 7.68. The maximum atomic E-state index is 12.1. The first-order valence-electron chi connectivity index (χ1n) is 6.94. The Hall–Kier alpha value is -1.83. The molecule has 1 aromatic rings.